The second-order valence-electron chi connectivity index (χ2n) is 14.9. The van der Waals surface area contributed by atoms with E-state index in [-0.39, 0.29) is 0 Å². The topological polar surface area (TPSA) is 16.4 Å². The van der Waals surface area contributed by atoms with E-state index in [1.807, 2.05) is 12.1 Å². The molecule has 0 aliphatic rings. The van der Waals surface area contributed by atoms with E-state index >= 15 is 0 Å². The second kappa shape index (κ2) is 14.1. The number of furan rings is 1. The van der Waals surface area contributed by atoms with E-state index < -0.39 is 0 Å². The van der Waals surface area contributed by atoms with Gasteiger partial charge in [-0.1, -0.05) is 176 Å². The molecule has 1 heterocycles. The molecule has 272 valence electrons. The number of nitrogens with zero attached hydrogens (tertiary/aromatic N) is 1. The van der Waals surface area contributed by atoms with E-state index in [9.17, 15) is 0 Å². The minimum absolute atomic E-state index is 0.883. The molecule has 0 aliphatic heterocycles. The van der Waals surface area contributed by atoms with Gasteiger partial charge < -0.3 is 9.32 Å². The van der Waals surface area contributed by atoms with Gasteiger partial charge in [-0.25, -0.2) is 0 Å². The highest BCUT2D eigenvalue weighted by Crippen LogP contribution is 2.44. The fourth-order valence-electron chi connectivity index (χ4n) is 8.71. The molecule has 0 saturated heterocycles. The Kier molecular flexibility index (Phi) is 8.19. The van der Waals surface area contributed by atoms with Crippen LogP contribution in [0, 0.1) is 0 Å². The van der Waals surface area contributed by atoms with Crippen molar-refractivity contribution in [2.45, 2.75) is 0 Å². The minimum atomic E-state index is 0.883. The Morgan fingerprint density at radius 1 is 0.276 bits per heavy atom. The van der Waals surface area contributed by atoms with Crippen molar-refractivity contribution in [1.82, 2.24) is 0 Å². The Morgan fingerprint density at radius 2 is 0.793 bits per heavy atom. The molecule has 0 amide bonds. The molecule has 11 aromatic rings. The highest BCUT2D eigenvalue weighted by atomic mass is 16.3. The Hall–Kier alpha value is -7.68. The van der Waals surface area contributed by atoms with Crippen LogP contribution in [0.15, 0.2) is 229 Å². The van der Waals surface area contributed by atoms with Gasteiger partial charge >= 0.3 is 0 Å². The first-order chi connectivity index (χ1) is 28.8. The number of benzene rings is 10. The van der Waals surface area contributed by atoms with Gasteiger partial charge in [0.1, 0.15) is 11.2 Å². The summed E-state index contributed by atoms with van der Waals surface area (Å²) in [4.78, 5) is 2.38. The van der Waals surface area contributed by atoms with Crippen LogP contribution in [0.4, 0.5) is 17.1 Å². The average molecular weight is 740 g/mol. The summed E-state index contributed by atoms with van der Waals surface area (Å²) in [5.41, 5.74) is 14.4. The molecule has 0 aliphatic carbocycles. The van der Waals surface area contributed by atoms with E-state index in [2.05, 4.69) is 217 Å². The van der Waals surface area contributed by atoms with Crippen molar-refractivity contribution in [3.8, 4) is 44.5 Å². The van der Waals surface area contributed by atoms with Crippen LogP contribution in [0.2, 0.25) is 0 Å². The van der Waals surface area contributed by atoms with E-state index in [1.54, 1.807) is 0 Å². The maximum absolute atomic E-state index is 6.38. The molecular weight excluding hydrogens is 703 g/mol. The van der Waals surface area contributed by atoms with Crippen LogP contribution in [0.1, 0.15) is 0 Å². The van der Waals surface area contributed by atoms with Crippen LogP contribution in [-0.4, -0.2) is 0 Å². The molecule has 58 heavy (non-hydrogen) atoms. The van der Waals surface area contributed by atoms with E-state index in [1.165, 1.54) is 54.9 Å². The predicted molar refractivity (Wildman–Crippen MR) is 245 cm³/mol. The van der Waals surface area contributed by atoms with Crippen molar-refractivity contribution in [2.24, 2.45) is 0 Å². The molecule has 0 unspecified atom stereocenters. The monoisotopic (exact) mass is 739 g/mol. The first-order valence-corrected chi connectivity index (χ1v) is 19.8. The largest absolute Gasteiger partial charge is 0.456 e. The summed E-state index contributed by atoms with van der Waals surface area (Å²) in [7, 11) is 0. The maximum Gasteiger partial charge on any atom is 0.136 e. The van der Waals surface area contributed by atoms with Crippen molar-refractivity contribution in [2.75, 3.05) is 4.90 Å². The summed E-state index contributed by atoms with van der Waals surface area (Å²) in [5, 5.41) is 7.31. The van der Waals surface area contributed by atoms with Crippen molar-refractivity contribution in [1.29, 1.82) is 0 Å². The normalized spacial score (nSPS) is 11.4. The lowest BCUT2D eigenvalue weighted by Gasteiger charge is -2.28. The van der Waals surface area contributed by atoms with Crippen LogP contribution in [0.5, 0.6) is 0 Å². The van der Waals surface area contributed by atoms with Gasteiger partial charge in [0, 0.05) is 27.7 Å². The smallest absolute Gasteiger partial charge is 0.136 e. The number of hydrogen-bond donors (Lipinski definition) is 0. The molecule has 0 spiro atoms. The lowest BCUT2D eigenvalue weighted by atomic mass is 9.94. The van der Waals surface area contributed by atoms with Crippen molar-refractivity contribution >= 4 is 60.5 Å². The fourth-order valence-corrected chi connectivity index (χ4v) is 8.71. The molecule has 0 N–H and O–H groups in total. The number of hydrogen-bond acceptors (Lipinski definition) is 2. The standard InChI is InChI=1S/C56H37NO/c1-2-13-38(14-3-1)45-16-6-7-17-46(45)40-25-31-43(32-26-40)57(54-23-10-8-19-49(54)42-30-36-53-52-20-9-11-24-55(52)58-56(53)37-42)44-33-27-41(28-34-44)48-21-12-22-50-47-18-5-4-15-39(47)29-35-51(48)50/h1-37H. The third kappa shape index (κ3) is 5.82. The summed E-state index contributed by atoms with van der Waals surface area (Å²) < 4.78 is 6.38. The van der Waals surface area contributed by atoms with Gasteiger partial charge in [-0.05, 0) is 109 Å². The quantitative estimate of drug-likeness (QED) is 0.151. The minimum Gasteiger partial charge on any atom is -0.456 e. The third-order valence-corrected chi connectivity index (χ3v) is 11.5. The van der Waals surface area contributed by atoms with Crippen molar-refractivity contribution < 1.29 is 4.42 Å². The number of para-hydroxylation sites is 2. The number of anilines is 3. The zero-order valence-electron chi connectivity index (χ0n) is 31.7. The molecule has 2 nitrogen and oxygen atoms in total. The number of fused-ring (bicyclic) bond motifs is 6. The first kappa shape index (κ1) is 33.6. The Balaban J connectivity index is 1.04. The molecule has 10 aromatic carbocycles. The molecule has 1 aromatic heterocycles. The highest BCUT2D eigenvalue weighted by molar-refractivity contribution is 6.12. The molecule has 0 radical (unpaired) electrons. The van der Waals surface area contributed by atoms with Gasteiger partial charge in [0.05, 0.1) is 5.69 Å². The van der Waals surface area contributed by atoms with Gasteiger partial charge in [0.25, 0.3) is 0 Å². The number of rotatable bonds is 7. The SMILES string of the molecule is c1ccc(-c2ccccc2-c2ccc(N(c3ccc(-c4cccc5c4ccc4ccccc45)cc3)c3ccccc3-c3ccc4c(c3)oc3ccccc34)cc2)cc1. The van der Waals surface area contributed by atoms with Crippen LogP contribution < -0.4 is 4.90 Å². The molecule has 11 rings (SSSR count). The molecule has 2 heteroatoms. The summed E-state index contributed by atoms with van der Waals surface area (Å²) >= 11 is 0. The molecular formula is C56H37NO. The summed E-state index contributed by atoms with van der Waals surface area (Å²) in [6, 6.07) is 80.7. The zero-order valence-corrected chi connectivity index (χ0v) is 31.7. The Bertz CT molecular complexity index is 3270. The summed E-state index contributed by atoms with van der Waals surface area (Å²) in [6.45, 7) is 0. The van der Waals surface area contributed by atoms with Crippen LogP contribution in [-0.2, 0) is 0 Å². The van der Waals surface area contributed by atoms with Gasteiger partial charge in [-0.15, -0.1) is 0 Å². The predicted octanol–water partition coefficient (Wildman–Crippen LogP) is 16.0. The molecule has 0 fully saturated rings. The Labute approximate surface area is 337 Å². The fraction of sp³-hybridized carbons (Fsp3) is 0. The van der Waals surface area contributed by atoms with Crippen molar-refractivity contribution in [3.05, 3.63) is 224 Å². The van der Waals surface area contributed by atoms with Gasteiger partial charge in [0.15, 0.2) is 0 Å². The van der Waals surface area contributed by atoms with Gasteiger partial charge in [-0.2, -0.15) is 0 Å². The highest BCUT2D eigenvalue weighted by Gasteiger charge is 2.19. The lowest BCUT2D eigenvalue weighted by Crippen LogP contribution is -2.11. The first-order valence-electron chi connectivity index (χ1n) is 19.8. The molecule has 0 atom stereocenters. The van der Waals surface area contributed by atoms with E-state index in [4.69, 9.17) is 4.42 Å². The van der Waals surface area contributed by atoms with Crippen LogP contribution >= 0.6 is 0 Å². The van der Waals surface area contributed by atoms with E-state index in [0.717, 1.165) is 50.1 Å². The molecule has 0 saturated carbocycles. The zero-order chi connectivity index (χ0) is 38.4. The average Bonchev–Trinajstić information content (AvgIpc) is 3.68. The van der Waals surface area contributed by atoms with Crippen molar-refractivity contribution in [3.63, 3.8) is 0 Å². The summed E-state index contributed by atoms with van der Waals surface area (Å²) in [5.74, 6) is 0. The van der Waals surface area contributed by atoms with Gasteiger partial charge in [-0.3, -0.25) is 0 Å². The molecule has 0 bridgehead atoms. The van der Waals surface area contributed by atoms with Crippen LogP contribution in [0.25, 0.3) is 88.0 Å². The third-order valence-electron chi connectivity index (χ3n) is 11.5. The van der Waals surface area contributed by atoms with Gasteiger partial charge in [0.2, 0.25) is 0 Å². The van der Waals surface area contributed by atoms with Crippen LogP contribution in [0.3, 0.4) is 0 Å². The summed E-state index contributed by atoms with van der Waals surface area (Å²) in [6.07, 6.45) is 0. The second-order valence-corrected chi connectivity index (χ2v) is 14.9. The Morgan fingerprint density at radius 3 is 1.55 bits per heavy atom. The lowest BCUT2D eigenvalue weighted by molar-refractivity contribution is 0.669. The maximum atomic E-state index is 6.38. The van der Waals surface area contributed by atoms with E-state index in [0.29, 0.717) is 0 Å².